The summed E-state index contributed by atoms with van der Waals surface area (Å²) in [5.41, 5.74) is 0. The van der Waals surface area contributed by atoms with Gasteiger partial charge in [0.15, 0.2) is 0 Å². The van der Waals surface area contributed by atoms with Crippen LogP contribution < -0.4 is 5.32 Å². The number of hydrogen-bond acceptors (Lipinski definition) is 4. The van der Waals surface area contributed by atoms with Crippen LogP contribution in [-0.2, 0) is 9.59 Å². The van der Waals surface area contributed by atoms with Gasteiger partial charge in [-0.15, -0.1) is 11.8 Å². The number of aliphatic carboxylic acids is 1. The van der Waals surface area contributed by atoms with Gasteiger partial charge in [0.1, 0.15) is 0 Å². The van der Waals surface area contributed by atoms with Gasteiger partial charge in [-0.05, 0) is 12.8 Å². The maximum Gasteiger partial charge on any atom is 0.313 e. The number of amides is 1. The van der Waals surface area contributed by atoms with Crippen LogP contribution in [0.5, 0.6) is 0 Å². The molecule has 1 fully saturated rings. The molecule has 3 N–H and O–H groups in total. The van der Waals surface area contributed by atoms with Crippen molar-refractivity contribution in [2.24, 2.45) is 0 Å². The fraction of sp³-hybridized carbons (Fsp3) is 0.818. The molecule has 6 heteroatoms. The molecule has 2 unspecified atom stereocenters. The average molecular weight is 261 g/mol. The molecule has 2 atom stereocenters. The molecule has 0 aromatic carbocycles. The Labute approximate surface area is 105 Å². The molecule has 0 bridgehead atoms. The van der Waals surface area contributed by atoms with E-state index < -0.39 is 12.1 Å². The highest BCUT2D eigenvalue weighted by Gasteiger charge is 2.22. The zero-order valence-corrected chi connectivity index (χ0v) is 10.5. The molecule has 1 aliphatic rings. The van der Waals surface area contributed by atoms with Gasteiger partial charge in [0.05, 0.1) is 23.7 Å². The molecular formula is C11H19NO4S. The van der Waals surface area contributed by atoms with E-state index in [1.165, 1.54) is 0 Å². The van der Waals surface area contributed by atoms with Gasteiger partial charge in [-0.1, -0.05) is 19.3 Å². The molecule has 17 heavy (non-hydrogen) atoms. The third-order valence-corrected chi connectivity index (χ3v) is 3.70. The molecule has 0 saturated heterocycles. The van der Waals surface area contributed by atoms with Crippen molar-refractivity contribution in [3.63, 3.8) is 0 Å². The van der Waals surface area contributed by atoms with Crippen molar-refractivity contribution in [1.82, 2.24) is 5.32 Å². The minimum absolute atomic E-state index is 0.0688. The number of hydrogen-bond donors (Lipinski definition) is 3. The van der Waals surface area contributed by atoms with Crippen LogP contribution in [0.15, 0.2) is 0 Å². The second-order valence-corrected chi connectivity index (χ2v) is 5.25. The second-order valence-electron chi connectivity index (χ2n) is 4.27. The molecule has 5 nitrogen and oxygen atoms in total. The van der Waals surface area contributed by atoms with Crippen molar-refractivity contribution in [2.75, 3.05) is 11.5 Å². The first-order valence-electron chi connectivity index (χ1n) is 5.86. The Morgan fingerprint density at radius 2 is 1.88 bits per heavy atom. The summed E-state index contributed by atoms with van der Waals surface area (Å²) < 4.78 is 0. The lowest BCUT2D eigenvalue weighted by molar-refractivity contribution is -0.133. The first-order valence-corrected chi connectivity index (χ1v) is 7.02. The minimum atomic E-state index is -0.919. The normalized spacial score (nSPS) is 25.0. The van der Waals surface area contributed by atoms with E-state index in [1.807, 2.05) is 0 Å². The van der Waals surface area contributed by atoms with Gasteiger partial charge in [0, 0.05) is 0 Å². The van der Waals surface area contributed by atoms with E-state index in [0.717, 1.165) is 43.9 Å². The maximum atomic E-state index is 11.5. The van der Waals surface area contributed by atoms with Crippen molar-refractivity contribution in [1.29, 1.82) is 0 Å². The van der Waals surface area contributed by atoms with Gasteiger partial charge < -0.3 is 15.5 Å². The topological polar surface area (TPSA) is 86.6 Å². The number of carbonyl (C=O) groups is 2. The quantitative estimate of drug-likeness (QED) is 0.631. The summed E-state index contributed by atoms with van der Waals surface area (Å²) in [4.78, 5) is 21.8. The first-order chi connectivity index (χ1) is 8.09. The number of nitrogens with one attached hydrogen (secondary N) is 1. The molecule has 0 radical (unpaired) electrons. The predicted molar refractivity (Wildman–Crippen MR) is 66.0 cm³/mol. The molecular weight excluding hydrogens is 242 g/mol. The Morgan fingerprint density at radius 1 is 1.18 bits per heavy atom. The van der Waals surface area contributed by atoms with E-state index in [1.54, 1.807) is 0 Å². The van der Waals surface area contributed by atoms with Crippen LogP contribution in [-0.4, -0.2) is 45.7 Å². The van der Waals surface area contributed by atoms with Crippen molar-refractivity contribution in [2.45, 2.75) is 44.2 Å². The summed E-state index contributed by atoms with van der Waals surface area (Å²) in [5.74, 6) is -1.05. The Bertz CT molecular complexity index is 272. The van der Waals surface area contributed by atoms with Gasteiger partial charge in [-0.25, -0.2) is 0 Å². The summed E-state index contributed by atoms with van der Waals surface area (Å²) >= 11 is 1.07. The van der Waals surface area contributed by atoms with Crippen molar-refractivity contribution in [3.05, 3.63) is 0 Å². The Morgan fingerprint density at radius 3 is 2.59 bits per heavy atom. The van der Waals surface area contributed by atoms with E-state index in [-0.39, 0.29) is 23.5 Å². The summed E-state index contributed by atoms with van der Waals surface area (Å²) in [7, 11) is 0. The predicted octanol–water partition coefficient (Wildman–Crippen LogP) is 0.614. The highest BCUT2D eigenvalue weighted by Crippen LogP contribution is 2.18. The fourth-order valence-corrected chi connectivity index (χ4v) is 2.48. The van der Waals surface area contributed by atoms with Crippen LogP contribution in [0, 0.1) is 0 Å². The van der Waals surface area contributed by atoms with E-state index in [9.17, 15) is 14.7 Å². The van der Waals surface area contributed by atoms with Crippen LogP contribution in [0.2, 0.25) is 0 Å². The molecule has 0 aromatic heterocycles. The zero-order chi connectivity index (χ0) is 12.7. The van der Waals surface area contributed by atoms with E-state index >= 15 is 0 Å². The lowest BCUT2D eigenvalue weighted by atomic mass is 10.1. The number of aliphatic hydroxyl groups is 1. The number of carboxylic acids is 1. The van der Waals surface area contributed by atoms with Crippen LogP contribution >= 0.6 is 11.8 Å². The first kappa shape index (κ1) is 14.3. The summed E-state index contributed by atoms with van der Waals surface area (Å²) in [6.07, 6.45) is 4.18. The number of aliphatic hydroxyl groups excluding tert-OH is 1. The average Bonchev–Trinajstić information content (AvgIpc) is 2.44. The largest absolute Gasteiger partial charge is 0.481 e. The number of carboxylic acid groups (broad SMARTS) is 1. The molecule has 0 aromatic rings. The third-order valence-electron chi connectivity index (χ3n) is 2.78. The zero-order valence-electron chi connectivity index (χ0n) is 9.72. The molecule has 0 heterocycles. The Balaban J connectivity index is 2.26. The maximum absolute atomic E-state index is 11.5. The van der Waals surface area contributed by atoms with Gasteiger partial charge in [-0.3, -0.25) is 9.59 Å². The molecule has 1 aliphatic carbocycles. The van der Waals surface area contributed by atoms with Crippen LogP contribution in [0.3, 0.4) is 0 Å². The minimum Gasteiger partial charge on any atom is -0.481 e. The lowest BCUT2D eigenvalue weighted by Crippen LogP contribution is -2.43. The van der Waals surface area contributed by atoms with Crippen molar-refractivity contribution in [3.8, 4) is 0 Å². The highest BCUT2D eigenvalue weighted by atomic mass is 32.2. The van der Waals surface area contributed by atoms with E-state index in [2.05, 4.69) is 5.32 Å². The third kappa shape index (κ3) is 5.93. The second kappa shape index (κ2) is 7.55. The summed E-state index contributed by atoms with van der Waals surface area (Å²) in [6, 6.07) is -0.171. The smallest absolute Gasteiger partial charge is 0.313 e. The van der Waals surface area contributed by atoms with E-state index in [4.69, 9.17) is 5.11 Å². The molecule has 0 aliphatic heterocycles. The van der Waals surface area contributed by atoms with Crippen molar-refractivity contribution < 1.29 is 19.8 Å². The van der Waals surface area contributed by atoms with Gasteiger partial charge >= 0.3 is 5.97 Å². The number of rotatable bonds is 5. The number of carbonyl (C=O) groups excluding carboxylic acids is 1. The SMILES string of the molecule is O=C(O)CSCC(=O)NC1CCCCCC1O. The Hall–Kier alpha value is -0.750. The molecule has 1 amide bonds. The fourth-order valence-electron chi connectivity index (χ4n) is 1.94. The number of thioether (sulfide) groups is 1. The Kier molecular flexibility index (Phi) is 6.36. The van der Waals surface area contributed by atoms with Crippen LogP contribution in [0.1, 0.15) is 32.1 Å². The summed E-state index contributed by atoms with van der Waals surface area (Å²) in [6.45, 7) is 0. The van der Waals surface area contributed by atoms with Gasteiger partial charge in [-0.2, -0.15) is 0 Å². The van der Waals surface area contributed by atoms with Crippen molar-refractivity contribution >= 4 is 23.6 Å². The van der Waals surface area contributed by atoms with Gasteiger partial charge in [0.25, 0.3) is 0 Å². The van der Waals surface area contributed by atoms with Crippen LogP contribution in [0.4, 0.5) is 0 Å². The molecule has 0 spiro atoms. The molecule has 1 rings (SSSR count). The summed E-state index contributed by atoms with van der Waals surface area (Å²) in [5, 5.41) is 21.0. The van der Waals surface area contributed by atoms with Gasteiger partial charge in [0.2, 0.25) is 5.91 Å². The lowest BCUT2D eigenvalue weighted by Gasteiger charge is -2.21. The molecule has 1 saturated carbocycles. The van der Waals surface area contributed by atoms with E-state index in [0.29, 0.717) is 0 Å². The standard InChI is InChI=1S/C11H19NO4S/c13-9-5-3-1-2-4-8(9)12-10(14)6-17-7-11(15)16/h8-9,13H,1-7H2,(H,12,14)(H,15,16). The van der Waals surface area contributed by atoms with Crippen LogP contribution in [0.25, 0.3) is 0 Å². The molecule has 98 valence electrons. The monoisotopic (exact) mass is 261 g/mol. The highest BCUT2D eigenvalue weighted by molar-refractivity contribution is 8.00.